The first-order valence-electron chi connectivity index (χ1n) is 9.37. The van der Waals surface area contributed by atoms with E-state index in [0.29, 0.717) is 35.9 Å². The molecule has 160 valence electrons. The predicted octanol–water partition coefficient (Wildman–Crippen LogP) is 1.89. The molecule has 4 rings (SSSR count). The standard InChI is InChI=1S/C18H21F2N7O2S/c1-11-5-12(25-30(2,28)29)9-26(8-11)17-6-14(22-10-23-17)15-7-21-16-4-3-13(18(19)20)24-27(15)16/h3-4,6-7,10-12,18,25H,5,8-9H2,1-2H3/t11-,12+/m0/s1. The average molecular weight is 437 g/mol. The molecule has 2 atom stereocenters. The van der Waals surface area contributed by atoms with E-state index in [9.17, 15) is 17.2 Å². The van der Waals surface area contributed by atoms with Gasteiger partial charge in [0.2, 0.25) is 10.0 Å². The molecular weight excluding hydrogens is 416 g/mol. The Bertz CT molecular complexity index is 1170. The summed E-state index contributed by atoms with van der Waals surface area (Å²) < 4.78 is 53.4. The summed E-state index contributed by atoms with van der Waals surface area (Å²) in [7, 11) is -3.32. The molecule has 30 heavy (non-hydrogen) atoms. The minimum atomic E-state index is -3.32. The number of nitrogens with one attached hydrogen (secondary N) is 1. The third kappa shape index (κ3) is 4.38. The first kappa shape index (κ1) is 20.5. The fourth-order valence-corrected chi connectivity index (χ4v) is 4.54. The third-order valence-electron chi connectivity index (χ3n) is 4.89. The van der Waals surface area contributed by atoms with Crippen LogP contribution in [0.25, 0.3) is 17.0 Å². The largest absolute Gasteiger partial charge is 0.355 e. The van der Waals surface area contributed by atoms with Crippen LogP contribution in [0.2, 0.25) is 0 Å². The number of fused-ring (bicyclic) bond motifs is 1. The molecule has 12 heteroatoms. The Morgan fingerprint density at radius 3 is 2.73 bits per heavy atom. The van der Waals surface area contributed by atoms with E-state index in [1.165, 1.54) is 29.2 Å². The number of hydrogen-bond donors (Lipinski definition) is 1. The van der Waals surface area contributed by atoms with Gasteiger partial charge in [-0.3, -0.25) is 0 Å². The summed E-state index contributed by atoms with van der Waals surface area (Å²) in [6.45, 7) is 3.22. The zero-order valence-corrected chi connectivity index (χ0v) is 17.2. The molecule has 0 aliphatic carbocycles. The summed E-state index contributed by atoms with van der Waals surface area (Å²) in [5, 5.41) is 3.97. The maximum absolute atomic E-state index is 13.1. The topological polar surface area (TPSA) is 105 Å². The minimum Gasteiger partial charge on any atom is -0.355 e. The van der Waals surface area contributed by atoms with Gasteiger partial charge in [-0.05, 0) is 24.5 Å². The summed E-state index contributed by atoms with van der Waals surface area (Å²) in [6, 6.07) is 4.23. The molecule has 0 amide bonds. The third-order valence-corrected chi connectivity index (χ3v) is 5.65. The van der Waals surface area contributed by atoms with E-state index in [1.54, 1.807) is 6.07 Å². The maximum atomic E-state index is 13.1. The summed E-state index contributed by atoms with van der Waals surface area (Å²) >= 11 is 0. The monoisotopic (exact) mass is 437 g/mol. The number of alkyl halides is 2. The van der Waals surface area contributed by atoms with Crippen molar-refractivity contribution in [1.82, 2.24) is 29.3 Å². The fourth-order valence-electron chi connectivity index (χ4n) is 3.77. The SMILES string of the molecule is C[C@H]1C[C@@H](NS(C)(=O)=O)CN(c2cc(-c3cnc4ccc(C(F)F)nn34)ncn2)C1. The molecule has 1 N–H and O–H groups in total. The van der Waals surface area contributed by atoms with Crippen LogP contribution in [-0.2, 0) is 10.0 Å². The number of piperidine rings is 1. The number of anilines is 1. The van der Waals surface area contributed by atoms with Crippen LogP contribution < -0.4 is 9.62 Å². The predicted molar refractivity (Wildman–Crippen MR) is 107 cm³/mol. The Hall–Kier alpha value is -2.73. The summed E-state index contributed by atoms with van der Waals surface area (Å²) in [6.07, 6.45) is 2.09. The van der Waals surface area contributed by atoms with Gasteiger partial charge >= 0.3 is 0 Å². The van der Waals surface area contributed by atoms with Crippen molar-refractivity contribution in [2.45, 2.75) is 25.8 Å². The van der Waals surface area contributed by atoms with E-state index in [1.807, 2.05) is 11.8 Å². The summed E-state index contributed by atoms with van der Waals surface area (Å²) in [5.41, 5.74) is 1.03. The van der Waals surface area contributed by atoms with E-state index in [2.05, 4.69) is 24.8 Å². The fraction of sp³-hybridized carbons (Fsp3) is 0.444. The van der Waals surface area contributed by atoms with E-state index in [-0.39, 0.29) is 17.7 Å². The van der Waals surface area contributed by atoms with Crippen LogP contribution in [0.15, 0.2) is 30.7 Å². The zero-order valence-electron chi connectivity index (χ0n) is 16.4. The molecule has 0 bridgehead atoms. The molecule has 0 saturated carbocycles. The highest BCUT2D eigenvalue weighted by molar-refractivity contribution is 7.88. The van der Waals surface area contributed by atoms with Gasteiger partial charge in [0, 0.05) is 25.2 Å². The van der Waals surface area contributed by atoms with Gasteiger partial charge in [-0.15, -0.1) is 0 Å². The van der Waals surface area contributed by atoms with Crippen LogP contribution >= 0.6 is 0 Å². The Morgan fingerprint density at radius 2 is 2.00 bits per heavy atom. The van der Waals surface area contributed by atoms with E-state index in [4.69, 9.17) is 0 Å². The van der Waals surface area contributed by atoms with Crippen molar-refractivity contribution >= 4 is 21.5 Å². The summed E-state index contributed by atoms with van der Waals surface area (Å²) in [4.78, 5) is 14.8. The first-order valence-corrected chi connectivity index (χ1v) is 11.3. The van der Waals surface area contributed by atoms with Crippen LogP contribution in [0, 0.1) is 5.92 Å². The van der Waals surface area contributed by atoms with Crippen molar-refractivity contribution in [2.75, 3.05) is 24.2 Å². The maximum Gasteiger partial charge on any atom is 0.282 e. The second-order valence-electron chi connectivity index (χ2n) is 7.57. The second-order valence-corrected chi connectivity index (χ2v) is 9.35. The van der Waals surface area contributed by atoms with Gasteiger partial charge in [0.1, 0.15) is 23.5 Å². The zero-order chi connectivity index (χ0) is 21.5. The Kier molecular flexibility index (Phi) is 5.36. The van der Waals surface area contributed by atoms with Crippen LogP contribution in [0.5, 0.6) is 0 Å². The molecule has 3 aromatic heterocycles. The Labute approximate surface area is 172 Å². The van der Waals surface area contributed by atoms with Gasteiger partial charge in [0.05, 0.1) is 18.1 Å². The lowest BCUT2D eigenvalue weighted by atomic mass is 9.96. The van der Waals surface area contributed by atoms with Gasteiger partial charge < -0.3 is 4.90 Å². The number of hydrogen-bond acceptors (Lipinski definition) is 7. The smallest absolute Gasteiger partial charge is 0.282 e. The molecule has 9 nitrogen and oxygen atoms in total. The number of halogens is 2. The van der Waals surface area contributed by atoms with Crippen molar-refractivity contribution in [3.8, 4) is 11.4 Å². The van der Waals surface area contributed by atoms with Crippen molar-refractivity contribution in [2.24, 2.45) is 5.92 Å². The molecule has 1 aliphatic rings. The van der Waals surface area contributed by atoms with Gasteiger partial charge in [-0.1, -0.05) is 6.92 Å². The normalized spacial score (nSPS) is 20.2. The van der Waals surface area contributed by atoms with Crippen LogP contribution in [0.3, 0.4) is 0 Å². The van der Waals surface area contributed by atoms with Crippen LogP contribution in [0.1, 0.15) is 25.5 Å². The Balaban J connectivity index is 1.66. The van der Waals surface area contributed by atoms with E-state index >= 15 is 0 Å². The molecule has 1 aliphatic heterocycles. The number of aromatic nitrogens is 5. The van der Waals surface area contributed by atoms with Gasteiger partial charge in [-0.25, -0.2) is 41.4 Å². The molecule has 1 fully saturated rings. The molecule has 0 aromatic carbocycles. The van der Waals surface area contributed by atoms with Crippen molar-refractivity contribution < 1.29 is 17.2 Å². The van der Waals surface area contributed by atoms with Crippen molar-refractivity contribution in [1.29, 1.82) is 0 Å². The van der Waals surface area contributed by atoms with Gasteiger partial charge in [-0.2, -0.15) is 5.10 Å². The second kappa shape index (κ2) is 7.84. The molecule has 0 radical (unpaired) electrons. The highest BCUT2D eigenvalue weighted by Crippen LogP contribution is 2.26. The molecule has 1 saturated heterocycles. The number of sulfonamides is 1. The molecule has 4 heterocycles. The first-order chi connectivity index (χ1) is 14.2. The quantitative estimate of drug-likeness (QED) is 0.650. The molecule has 0 spiro atoms. The average Bonchev–Trinajstić information content (AvgIpc) is 3.09. The lowest BCUT2D eigenvalue weighted by Crippen LogP contribution is -2.50. The molecule has 3 aromatic rings. The molecule has 0 unspecified atom stereocenters. The van der Waals surface area contributed by atoms with Crippen LogP contribution in [0.4, 0.5) is 14.6 Å². The van der Waals surface area contributed by atoms with Crippen molar-refractivity contribution in [3.63, 3.8) is 0 Å². The lowest BCUT2D eigenvalue weighted by molar-refractivity contribution is 0.144. The highest BCUT2D eigenvalue weighted by atomic mass is 32.2. The highest BCUT2D eigenvalue weighted by Gasteiger charge is 2.28. The van der Waals surface area contributed by atoms with E-state index in [0.717, 1.165) is 12.7 Å². The minimum absolute atomic E-state index is 0.228. The van der Waals surface area contributed by atoms with Crippen molar-refractivity contribution in [3.05, 3.63) is 36.4 Å². The van der Waals surface area contributed by atoms with Gasteiger partial charge in [0.15, 0.2) is 5.65 Å². The number of nitrogens with zero attached hydrogens (tertiary/aromatic N) is 6. The van der Waals surface area contributed by atoms with Gasteiger partial charge in [0.25, 0.3) is 6.43 Å². The number of rotatable bonds is 5. The molecular formula is C18H21F2N7O2S. The Morgan fingerprint density at radius 1 is 1.20 bits per heavy atom. The van der Waals surface area contributed by atoms with Crippen LogP contribution in [-0.4, -0.2) is 58.4 Å². The number of imidazole rings is 1. The summed E-state index contributed by atoms with van der Waals surface area (Å²) in [5.74, 6) is 0.870. The van der Waals surface area contributed by atoms with E-state index < -0.39 is 16.4 Å². The lowest BCUT2D eigenvalue weighted by Gasteiger charge is -2.37.